The number of hydrogen-bond acceptors (Lipinski definition) is 4. The minimum atomic E-state index is -4.69. The van der Waals surface area contributed by atoms with Gasteiger partial charge < -0.3 is 10.1 Å². The van der Waals surface area contributed by atoms with Gasteiger partial charge in [-0.1, -0.05) is 6.07 Å². The van der Waals surface area contributed by atoms with Gasteiger partial charge in [-0.25, -0.2) is 4.68 Å². The van der Waals surface area contributed by atoms with Crippen LogP contribution in [0.1, 0.15) is 29.0 Å². The van der Waals surface area contributed by atoms with Crippen LogP contribution in [-0.2, 0) is 12.8 Å². The molecule has 0 atom stereocenters. The molecule has 4 rings (SSSR count). The van der Waals surface area contributed by atoms with E-state index in [2.05, 4.69) is 16.1 Å². The molecule has 0 spiro atoms. The van der Waals surface area contributed by atoms with E-state index in [9.17, 15) is 13.2 Å². The van der Waals surface area contributed by atoms with Crippen molar-refractivity contribution in [1.29, 1.82) is 0 Å². The molecule has 0 radical (unpaired) electrons. The average Bonchev–Trinajstić information content (AvgIpc) is 3.16. The zero-order valence-corrected chi connectivity index (χ0v) is 15.2. The smallest absolute Gasteiger partial charge is 0.406 e. The fourth-order valence-electron chi connectivity index (χ4n) is 3.27. The van der Waals surface area contributed by atoms with Crippen LogP contribution in [0.2, 0.25) is 0 Å². The molecule has 1 aliphatic heterocycles. The molecular weight excluding hydrogens is 375 g/mol. The van der Waals surface area contributed by atoms with Gasteiger partial charge in [0.1, 0.15) is 11.6 Å². The van der Waals surface area contributed by atoms with Crippen LogP contribution in [0.3, 0.4) is 0 Å². The SMILES string of the molecule is FC(F)(F)Oc1ccc(-n2nc(Cc3cccs3)c3c2NCCCC3)cc1. The first-order chi connectivity index (χ1) is 13.0. The second kappa shape index (κ2) is 7.26. The normalized spacial score (nSPS) is 14.3. The van der Waals surface area contributed by atoms with Crippen molar-refractivity contribution in [1.82, 2.24) is 9.78 Å². The number of nitrogens with zero attached hydrogens (tertiary/aromatic N) is 2. The number of hydrogen-bond donors (Lipinski definition) is 1. The Hall–Kier alpha value is -2.48. The van der Waals surface area contributed by atoms with E-state index in [1.165, 1.54) is 22.6 Å². The quantitative estimate of drug-likeness (QED) is 0.665. The van der Waals surface area contributed by atoms with Crippen LogP contribution in [0, 0.1) is 0 Å². The summed E-state index contributed by atoms with van der Waals surface area (Å²) in [4.78, 5) is 1.24. The number of ether oxygens (including phenoxy) is 1. The summed E-state index contributed by atoms with van der Waals surface area (Å²) >= 11 is 1.69. The predicted molar refractivity (Wildman–Crippen MR) is 98.8 cm³/mol. The summed E-state index contributed by atoms with van der Waals surface area (Å²) in [7, 11) is 0. The number of benzene rings is 1. The van der Waals surface area contributed by atoms with Crippen molar-refractivity contribution in [3.63, 3.8) is 0 Å². The summed E-state index contributed by atoms with van der Waals surface area (Å²) in [6.45, 7) is 0.854. The lowest BCUT2D eigenvalue weighted by molar-refractivity contribution is -0.274. The van der Waals surface area contributed by atoms with Gasteiger partial charge in [-0.05, 0) is 55.0 Å². The van der Waals surface area contributed by atoms with Crippen LogP contribution in [0.25, 0.3) is 5.69 Å². The fourth-order valence-corrected chi connectivity index (χ4v) is 3.98. The van der Waals surface area contributed by atoms with Crippen molar-refractivity contribution < 1.29 is 17.9 Å². The van der Waals surface area contributed by atoms with Gasteiger partial charge in [0.2, 0.25) is 0 Å². The Bertz CT molecular complexity index is 902. The van der Waals surface area contributed by atoms with Gasteiger partial charge in [-0.3, -0.25) is 0 Å². The second-order valence-corrected chi connectivity index (χ2v) is 7.40. The van der Waals surface area contributed by atoms with Crippen LogP contribution in [-0.4, -0.2) is 22.7 Å². The Labute approximate surface area is 158 Å². The topological polar surface area (TPSA) is 39.1 Å². The van der Waals surface area contributed by atoms with Crippen molar-refractivity contribution in [2.75, 3.05) is 11.9 Å². The highest BCUT2D eigenvalue weighted by Crippen LogP contribution is 2.31. The van der Waals surface area contributed by atoms with Gasteiger partial charge in [0.15, 0.2) is 0 Å². The van der Waals surface area contributed by atoms with Crippen molar-refractivity contribution >= 4 is 17.2 Å². The van der Waals surface area contributed by atoms with Crippen LogP contribution in [0.15, 0.2) is 41.8 Å². The van der Waals surface area contributed by atoms with Crippen LogP contribution in [0.4, 0.5) is 19.0 Å². The summed E-state index contributed by atoms with van der Waals surface area (Å²) in [5, 5.41) is 10.3. The van der Waals surface area contributed by atoms with Gasteiger partial charge in [0, 0.05) is 23.4 Å². The lowest BCUT2D eigenvalue weighted by atomic mass is 10.1. The fraction of sp³-hybridized carbons (Fsp3) is 0.316. The van der Waals surface area contributed by atoms with E-state index >= 15 is 0 Å². The van der Waals surface area contributed by atoms with E-state index in [0.717, 1.165) is 43.7 Å². The number of halogens is 3. The number of aromatic nitrogens is 2. The van der Waals surface area contributed by atoms with E-state index in [1.807, 2.05) is 11.4 Å². The third kappa shape index (κ3) is 4.10. The minimum absolute atomic E-state index is 0.240. The number of fused-ring (bicyclic) bond motifs is 1. The van der Waals surface area contributed by atoms with E-state index in [-0.39, 0.29) is 5.75 Å². The summed E-state index contributed by atoms with van der Waals surface area (Å²) in [5.74, 6) is 0.694. The van der Waals surface area contributed by atoms with Crippen molar-refractivity contribution in [2.45, 2.75) is 32.0 Å². The summed E-state index contributed by atoms with van der Waals surface area (Å²) in [6.07, 6.45) is -0.838. The summed E-state index contributed by atoms with van der Waals surface area (Å²) in [6, 6.07) is 9.92. The molecule has 0 saturated carbocycles. The number of thiophene rings is 1. The standard InChI is InChI=1S/C19H18F3N3OS/c20-19(21,22)26-14-8-6-13(7-9-14)25-18-16(5-1-2-10-23-18)17(24-25)12-15-4-3-11-27-15/h3-4,6-9,11,23H,1-2,5,10,12H2. The summed E-state index contributed by atoms with van der Waals surface area (Å²) in [5.41, 5.74) is 2.90. The Morgan fingerprint density at radius 3 is 2.67 bits per heavy atom. The molecule has 8 heteroatoms. The second-order valence-electron chi connectivity index (χ2n) is 6.37. The molecule has 1 aliphatic rings. The highest BCUT2D eigenvalue weighted by molar-refractivity contribution is 7.09. The lowest BCUT2D eigenvalue weighted by Gasteiger charge is -2.11. The molecular formula is C19H18F3N3OS. The molecule has 0 bridgehead atoms. The average molecular weight is 393 g/mol. The van der Waals surface area contributed by atoms with E-state index in [0.29, 0.717) is 5.69 Å². The van der Waals surface area contributed by atoms with Crippen LogP contribution in [0.5, 0.6) is 5.75 Å². The first-order valence-corrected chi connectivity index (χ1v) is 9.61. The minimum Gasteiger partial charge on any atom is -0.406 e. The van der Waals surface area contributed by atoms with Gasteiger partial charge >= 0.3 is 6.36 Å². The molecule has 3 heterocycles. The molecule has 4 nitrogen and oxygen atoms in total. The molecule has 2 aromatic heterocycles. The number of nitrogens with one attached hydrogen (secondary N) is 1. The zero-order chi connectivity index (χ0) is 18.9. The molecule has 142 valence electrons. The predicted octanol–water partition coefficient (Wildman–Crippen LogP) is 5.17. The maximum Gasteiger partial charge on any atom is 0.573 e. The van der Waals surface area contributed by atoms with E-state index in [1.54, 1.807) is 28.2 Å². The van der Waals surface area contributed by atoms with Crippen molar-refractivity contribution in [2.24, 2.45) is 0 Å². The van der Waals surface area contributed by atoms with Crippen molar-refractivity contribution in [3.05, 3.63) is 57.9 Å². The van der Waals surface area contributed by atoms with Crippen LogP contribution >= 0.6 is 11.3 Å². The van der Waals surface area contributed by atoms with Crippen molar-refractivity contribution in [3.8, 4) is 11.4 Å². The van der Waals surface area contributed by atoms with Gasteiger partial charge in [-0.2, -0.15) is 5.10 Å². The maximum absolute atomic E-state index is 12.4. The molecule has 3 aromatic rings. The molecule has 27 heavy (non-hydrogen) atoms. The van der Waals surface area contributed by atoms with Crippen LogP contribution < -0.4 is 10.1 Å². The first kappa shape index (κ1) is 17.9. The van der Waals surface area contributed by atoms with Gasteiger partial charge in [0.25, 0.3) is 0 Å². The third-order valence-corrected chi connectivity index (χ3v) is 5.33. The molecule has 0 aliphatic carbocycles. The monoisotopic (exact) mass is 393 g/mol. The Morgan fingerprint density at radius 2 is 1.96 bits per heavy atom. The Kier molecular flexibility index (Phi) is 4.82. The summed E-state index contributed by atoms with van der Waals surface area (Å²) < 4.78 is 42.9. The molecule has 1 aromatic carbocycles. The highest BCUT2D eigenvalue weighted by atomic mass is 32.1. The van der Waals surface area contributed by atoms with Gasteiger partial charge in [-0.15, -0.1) is 24.5 Å². The highest BCUT2D eigenvalue weighted by Gasteiger charge is 2.31. The number of anilines is 1. The Balaban J connectivity index is 1.68. The lowest BCUT2D eigenvalue weighted by Crippen LogP contribution is -2.17. The van der Waals surface area contributed by atoms with E-state index < -0.39 is 6.36 Å². The molecule has 0 amide bonds. The first-order valence-electron chi connectivity index (χ1n) is 8.73. The molecule has 1 N–H and O–H groups in total. The molecule has 0 fully saturated rings. The molecule has 0 saturated heterocycles. The largest absolute Gasteiger partial charge is 0.573 e. The van der Waals surface area contributed by atoms with Gasteiger partial charge in [0.05, 0.1) is 11.4 Å². The maximum atomic E-state index is 12.4. The van der Waals surface area contributed by atoms with E-state index in [4.69, 9.17) is 5.10 Å². The molecule has 0 unspecified atom stereocenters. The number of rotatable bonds is 4. The Morgan fingerprint density at radius 1 is 1.15 bits per heavy atom. The number of alkyl halides is 3. The zero-order valence-electron chi connectivity index (χ0n) is 14.4. The third-order valence-electron chi connectivity index (χ3n) is 4.45.